The van der Waals surface area contributed by atoms with Gasteiger partial charge in [0.05, 0.1) is 13.2 Å². The Balaban J connectivity index is 2.71. The van der Waals surface area contributed by atoms with Gasteiger partial charge in [-0.2, -0.15) is 0 Å². The van der Waals surface area contributed by atoms with Crippen molar-refractivity contribution in [1.82, 2.24) is 4.90 Å². The zero-order valence-corrected chi connectivity index (χ0v) is 10.9. The zero-order chi connectivity index (χ0) is 14.0. The summed E-state index contributed by atoms with van der Waals surface area (Å²) in [6.45, 7) is 4.12. The molecule has 1 fully saturated rings. The molecule has 2 N–H and O–H groups in total. The monoisotopic (exact) mass is 266 g/mol. The molecule has 0 aromatic rings. The summed E-state index contributed by atoms with van der Waals surface area (Å²) in [5.41, 5.74) is 4.52. The van der Waals surface area contributed by atoms with Crippen LogP contribution in [0.2, 0.25) is 0 Å². The van der Waals surface area contributed by atoms with E-state index >= 15 is 0 Å². The first-order valence-corrected chi connectivity index (χ1v) is 5.83. The number of amides is 1. The van der Waals surface area contributed by atoms with Crippen LogP contribution in [0.5, 0.6) is 0 Å². The Labute approximate surface area is 105 Å². The molecule has 1 saturated heterocycles. The van der Waals surface area contributed by atoms with Gasteiger partial charge in [-0.05, 0) is 20.8 Å². The third kappa shape index (κ3) is 4.06. The average molecular weight is 266 g/mol. The number of hydrogen-bond donors (Lipinski definition) is 1. The molecule has 1 amide bonds. The van der Waals surface area contributed by atoms with Crippen LogP contribution in [-0.2, 0) is 9.47 Å². The van der Waals surface area contributed by atoms with Crippen LogP contribution in [0.3, 0.4) is 0 Å². The van der Waals surface area contributed by atoms with E-state index in [9.17, 15) is 13.6 Å². The molecule has 0 aliphatic carbocycles. The molecule has 1 aliphatic rings. The quantitative estimate of drug-likeness (QED) is 0.775. The number of ether oxygens (including phenoxy) is 2. The second-order valence-electron chi connectivity index (χ2n) is 5.26. The fourth-order valence-electron chi connectivity index (χ4n) is 1.59. The molecule has 0 radical (unpaired) electrons. The highest BCUT2D eigenvalue weighted by Crippen LogP contribution is 2.25. The summed E-state index contributed by atoms with van der Waals surface area (Å²) >= 11 is 0. The molecule has 1 unspecified atom stereocenters. The Morgan fingerprint density at radius 3 is 2.67 bits per heavy atom. The lowest BCUT2D eigenvalue weighted by Gasteiger charge is -2.29. The van der Waals surface area contributed by atoms with E-state index in [1.54, 1.807) is 20.8 Å². The van der Waals surface area contributed by atoms with Gasteiger partial charge in [-0.25, -0.2) is 13.6 Å². The third-order valence-corrected chi connectivity index (χ3v) is 2.42. The molecule has 1 atom stereocenters. The molecule has 1 aliphatic heterocycles. The maximum Gasteiger partial charge on any atom is 0.410 e. The van der Waals surface area contributed by atoms with Crippen LogP contribution in [0.25, 0.3) is 0 Å². The zero-order valence-electron chi connectivity index (χ0n) is 10.9. The van der Waals surface area contributed by atoms with Crippen LogP contribution < -0.4 is 5.73 Å². The van der Waals surface area contributed by atoms with E-state index in [4.69, 9.17) is 15.2 Å². The smallest absolute Gasteiger partial charge is 0.410 e. The SMILES string of the molecule is CC(C)(C)OC(=O)N1CCOC(CN)C(F)(F)C1. The minimum Gasteiger partial charge on any atom is -0.444 e. The molecular formula is C11H20F2N2O3. The van der Waals surface area contributed by atoms with Crippen molar-refractivity contribution in [3.63, 3.8) is 0 Å². The van der Waals surface area contributed by atoms with E-state index < -0.39 is 30.3 Å². The van der Waals surface area contributed by atoms with Crippen molar-refractivity contribution in [1.29, 1.82) is 0 Å². The molecule has 0 spiro atoms. The molecule has 0 bridgehead atoms. The van der Waals surface area contributed by atoms with Crippen molar-refractivity contribution >= 4 is 6.09 Å². The number of hydrogen-bond acceptors (Lipinski definition) is 4. The van der Waals surface area contributed by atoms with E-state index in [1.165, 1.54) is 0 Å². The maximum atomic E-state index is 13.7. The topological polar surface area (TPSA) is 64.8 Å². The van der Waals surface area contributed by atoms with Gasteiger partial charge in [0.25, 0.3) is 5.92 Å². The molecule has 0 saturated carbocycles. The van der Waals surface area contributed by atoms with Gasteiger partial charge >= 0.3 is 6.09 Å². The first-order valence-electron chi connectivity index (χ1n) is 5.83. The molecule has 7 heteroatoms. The van der Waals surface area contributed by atoms with Crippen LogP contribution in [-0.4, -0.2) is 54.9 Å². The highest BCUT2D eigenvalue weighted by atomic mass is 19.3. The van der Waals surface area contributed by atoms with Crippen molar-refractivity contribution in [2.24, 2.45) is 5.73 Å². The Hall–Kier alpha value is -0.950. The first kappa shape index (κ1) is 15.1. The van der Waals surface area contributed by atoms with Crippen LogP contribution in [0.15, 0.2) is 0 Å². The van der Waals surface area contributed by atoms with E-state index in [0.29, 0.717) is 0 Å². The van der Waals surface area contributed by atoms with Crippen molar-refractivity contribution in [2.75, 3.05) is 26.2 Å². The van der Waals surface area contributed by atoms with Crippen LogP contribution in [0.4, 0.5) is 13.6 Å². The van der Waals surface area contributed by atoms with Crippen LogP contribution in [0, 0.1) is 0 Å². The van der Waals surface area contributed by atoms with E-state index in [0.717, 1.165) is 4.90 Å². The van der Waals surface area contributed by atoms with Gasteiger partial charge in [-0.3, -0.25) is 4.90 Å². The molecule has 0 aromatic heterocycles. The highest BCUT2D eigenvalue weighted by molar-refractivity contribution is 5.68. The molecule has 0 aromatic carbocycles. The number of rotatable bonds is 1. The standard InChI is InChI=1S/C11H20F2N2O3/c1-10(2,3)18-9(16)15-4-5-17-8(6-14)11(12,13)7-15/h8H,4-7,14H2,1-3H3. The Bertz CT molecular complexity index is 305. The van der Waals surface area contributed by atoms with Crippen LogP contribution in [0.1, 0.15) is 20.8 Å². The summed E-state index contributed by atoms with van der Waals surface area (Å²) in [7, 11) is 0. The van der Waals surface area contributed by atoms with Crippen molar-refractivity contribution in [2.45, 2.75) is 38.4 Å². The van der Waals surface area contributed by atoms with Crippen molar-refractivity contribution in [3.8, 4) is 0 Å². The minimum atomic E-state index is -3.16. The molecule has 1 rings (SSSR count). The van der Waals surface area contributed by atoms with Gasteiger partial charge < -0.3 is 15.2 Å². The van der Waals surface area contributed by atoms with Gasteiger partial charge in [0.1, 0.15) is 11.7 Å². The summed E-state index contributed by atoms with van der Waals surface area (Å²) in [5, 5.41) is 0. The number of alkyl halides is 2. The lowest BCUT2D eigenvalue weighted by atomic mass is 10.2. The number of carbonyl (C=O) groups excluding carboxylic acids is 1. The minimum absolute atomic E-state index is 0.0245. The van der Waals surface area contributed by atoms with Crippen molar-refractivity contribution < 1.29 is 23.0 Å². The molecule has 5 nitrogen and oxygen atoms in total. The lowest BCUT2D eigenvalue weighted by molar-refractivity contribution is -0.121. The predicted octanol–water partition coefficient (Wildman–Crippen LogP) is 1.22. The largest absolute Gasteiger partial charge is 0.444 e. The number of halogens is 2. The second kappa shape index (κ2) is 5.36. The summed E-state index contributed by atoms with van der Waals surface area (Å²) in [6, 6.07) is 0. The van der Waals surface area contributed by atoms with Gasteiger partial charge in [-0.15, -0.1) is 0 Å². The number of nitrogens with zero attached hydrogens (tertiary/aromatic N) is 1. The van der Waals surface area contributed by atoms with Gasteiger partial charge in [0.15, 0.2) is 0 Å². The second-order valence-corrected chi connectivity index (χ2v) is 5.26. The molecule has 106 valence electrons. The van der Waals surface area contributed by atoms with E-state index in [2.05, 4.69) is 0 Å². The average Bonchev–Trinajstić information content (AvgIpc) is 2.33. The molecule has 1 heterocycles. The fourth-order valence-corrected chi connectivity index (χ4v) is 1.59. The Morgan fingerprint density at radius 2 is 2.17 bits per heavy atom. The lowest BCUT2D eigenvalue weighted by Crippen LogP contribution is -2.48. The van der Waals surface area contributed by atoms with Crippen molar-refractivity contribution in [3.05, 3.63) is 0 Å². The Morgan fingerprint density at radius 1 is 1.56 bits per heavy atom. The van der Waals surface area contributed by atoms with Gasteiger partial charge in [0, 0.05) is 13.1 Å². The first-order chi connectivity index (χ1) is 8.15. The molecule has 18 heavy (non-hydrogen) atoms. The van der Waals surface area contributed by atoms with Gasteiger partial charge in [-0.1, -0.05) is 0 Å². The molecular weight excluding hydrogens is 246 g/mol. The summed E-state index contributed by atoms with van der Waals surface area (Å²) in [6.07, 6.45) is -2.12. The maximum absolute atomic E-state index is 13.7. The summed E-state index contributed by atoms with van der Waals surface area (Å²) in [5.74, 6) is -3.16. The third-order valence-electron chi connectivity index (χ3n) is 2.42. The fraction of sp³-hybridized carbons (Fsp3) is 0.909. The Kier molecular flexibility index (Phi) is 4.50. The van der Waals surface area contributed by atoms with E-state index in [1.807, 2.05) is 0 Å². The number of carbonyl (C=O) groups is 1. The normalized spacial score (nSPS) is 24.6. The van der Waals surface area contributed by atoms with Crippen LogP contribution >= 0.6 is 0 Å². The summed E-state index contributed by atoms with van der Waals surface area (Å²) < 4.78 is 37.5. The highest BCUT2D eigenvalue weighted by Gasteiger charge is 2.45. The predicted molar refractivity (Wildman–Crippen MR) is 61.5 cm³/mol. The van der Waals surface area contributed by atoms with Gasteiger partial charge in [0.2, 0.25) is 0 Å². The van der Waals surface area contributed by atoms with E-state index in [-0.39, 0.29) is 19.7 Å². The summed E-state index contributed by atoms with van der Waals surface area (Å²) in [4.78, 5) is 12.7. The number of nitrogens with two attached hydrogens (primary N) is 1.